The predicted octanol–water partition coefficient (Wildman–Crippen LogP) is 4.95. The molecule has 1 aromatic carbocycles. The van der Waals surface area contributed by atoms with Gasteiger partial charge in [-0.2, -0.15) is 0 Å². The molecule has 1 nitrogen and oxygen atoms in total. The van der Waals surface area contributed by atoms with E-state index in [2.05, 4.69) is 52.9 Å². The van der Waals surface area contributed by atoms with E-state index in [-0.39, 0.29) is 0 Å². The van der Waals surface area contributed by atoms with Crippen LogP contribution in [0.25, 0.3) is 0 Å². The average molecular weight is 310 g/mol. The van der Waals surface area contributed by atoms with Crippen LogP contribution >= 0.6 is 15.9 Å². The molecular weight excluding hydrogens is 286 g/mol. The molecule has 0 bridgehead atoms. The van der Waals surface area contributed by atoms with Gasteiger partial charge in [-0.1, -0.05) is 41.9 Å². The Morgan fingerprint density at radius 3 is 2.61 bits per heavy atom. The van der Waals surface area contributed by atoms with Crippen LogP contribution in [0, 0.1) is 0 Å². The molecule has 0 aromatic heterocycles. The molecule has 0 fully saturated rings. The summed E-state index contributed by atoms with van der Waals surface area (Å²) in [6.45, 7) is 7.01. The number of rotatable bonds is 5. The molecule has 1 atom stereocenters. The zero-order valence-corrected chi connectivity index (χ0v) is 13.2. The molecule has 0 saturated heterocycles. The Kier molecular flexibility index (Phi) is 5.25. The summed E-state index contributed by atoms with van der Waals surface area (Å²) in [5, 5.41) is 0. The second kappa shape index (κ2) is 6.72. The first-order valence-electron chi connectivity index (χ1n) is 7.29. The highest BCUT2D eigenvalue weighted by Crippen LogP contribution is 2.38. The summed E-state index contributed by atoms with van der Waals surface area (Å²) in [5.74, 6) is 0. The Labute approximate surface area is 120 Å². The Morgan fingerprint density at radius 1 is 1.22 bits per heavy atom. The first-order chi connectivity index (χ1) is 8.77. The van der Waals surface area contributed by atoms with Crippen molar-refractivity contribution in [2.75, 3.05) is 13.1 Å². The smallest absolute Gasteiger partial charge is 0.0362 e. The normalized spacial score (nSPS) is 19.0. The molecule has 0 saturated carbocycles. The van der Waals surface area contributed by atoms with Crippen LogP contribution in [0.3, 0.4) is 0 Å². The number of hydrogen-bond donors (Lipinski definition) is 0. The zero-order chi connectivity index (χ0) is 13.0. The fourth-order valence-corrected chi connectivity index (χ4v) is 3.84. The first kappa shape index (κ1) is 14.1. The van der Waals surface area contributed by atoms with E-state index in [1.165, 1.54) is 49.7 Å². The van der Waals surface area contributed by atoms with Crippen molar-refractivity contribution in [1.82, 2.24) is 4.90 Å². The minimum absolute atomic E-state index is 0.629. The van der Waals surface area contributed by atoms with Crippen LogP contribution in [0.2, 0.25) is 0 Å². The third-order valence-electron chi connectivity index (χ3n) is 3.86. The van der Waals surface area contributed by atoms with Crippen molar-refractivity contribution in [3.8, 4) is 0 Å². The summed E-state index contributed by atoms with van der Waals surface area (Å²) in [4.78, 5) is 2.68. The molecule has 0 radical (unpaired) electrons. The lowest BCUT2D eigenvalue weighted by Gasteiger charge is -2.36. The molecule has 100 valence electrons. The lowest BCUT2D eigenvalue weighted by Crippen LogP contribution is -2.33. The second-order valence-electron chi connectivity index (χ2n) is 5.26. The summed E-state index contributed by atoms with van der Waals surface area (Å²) in [7, 11) is 0. The predicted molar refractivity (Wildman–Crippen MR) is 82.0 cm³/mol. The summed E-state index contributed by atoms with van der Waals surface area (Å²) in [6, 6.07) is 7.31. The summed E-state index contributed by atoms with van der Waals surface area (Å²) in [6.07, 6.45) is 6.39. The van der Waals surface area contributed by atoms with E-state index in [0.717, 1.165) is 0 Å². The van der Waals surface area contributed by atoms with E-state index in [1.807, 2.05) is 0 Å². The van der Waals surface area contributed by atoms with Crippen molar-refractivity contribution in [3.05, 3.63) is 33.8 Å². The molecule has 0 aliphatic heterocycles. The maximum atomic E-state index is 3.77. The van der Waals surface area contributed by atoms with Gasteiger partial charge in [0.25, 0.3) is 0 Å². The quantitative estimate of drug-likeness (QED) is 0.744. The molecule has 0 heterocycles. The van der Waals surface area contributed by atoms with Gasteiger partial charge in [0.05, 0.1) is 0 Å². The molecule has 0 spiro atoms. The Bertz CT molecular complexity index is 383. The monoisotopic (exact) mass is 309 g/mol. The summed E-state index contributed by atoms with van der Waals surface area (Å²) < 4.78 is 1.31. The van der Waals surface area contributed by atoms with Gasteiger partial charge in [-0.05, 0) is 62.4 Å². The van der Waals surface area contributed by atoms with E-state index in [1.54, 1.807) is 11.1 Å². The molecule has 1 unspecified atom stereocenters. The van der Waals surface area contributed by atoms with Gasteiger partial charge >= 0.3 is 0 Å². The molecule has 18 heavy (non-hydrogen) atoms. The number of benzene rings is 1. The van der Waals surface area contributed by atoms with Crippen LogP contribution in [-0.2, 0) is 6.42 Å². The van der Waals surface area contributed by atoms with Gasteiger partial charge in [-0.25, -0.2) is 0 Å². The highest BCUT2D eigenvalue weighted by molar-refractivity contribution is 9.10. The molecule has 1 aliphatic carbocycles. The van der Waals surface area contributed by atoms with Crippen LogP contribution in [0.1, 0.15) is 56.7 Å². The van der Waals surface area contributed by atoms with Crippen molar-refractivity contribution in [2.45, 2.75) is 52.0 Å². The van der Waals surface area contributed by atoms with Crippen LogP contribution in [-0.4, -0.2) is 18.0 Å². The van der Waals surface area contributed by atoms with Crippen molar-refractivity contribution in [1.29, 1.82) is 0 Å². The molecular formula is C16H24BrN. The third kappa shape index (κ3) is 2.97. The molecule has 1 aromatic rings. The van der Waals surface area contributed by atoms with Crippen LogP contribution < -0.4 is 0 Å². The van der Waals surface area contributed by atoms with Gasteiger partial charge in [0.2, 0.25) is 0 Å². The van der Waals surface area contributed by atoms with Gasteiger partial charge in [-0.3, -0.25) is 4.90 Å². The zero-order valence-electron chi connectivity index (χ0n) is 11.6. The molecule has 0 amide bonds. The van der Waals surface area contributed by atoms with Crippen molar-refractivity contribution in [2.24, 2.45) is 0 Å². The topological polar surface area (TPSA) is 3.24 Å². The molecule has 2 heteroatoms. The van der Waals surface area contributed by atoms with Crippen molar-refractivity contribution >= 4 is 15.9 Å². The van der Waals surface area contributed by atoms with Gasteiger partial charge in [0, 0.05) is 10.5 Å². The van der Waals surface area contributed by atoms with E-state index >= 15 is 0 Å². The minimum Gasteiger partial charge on any atom is -0.296 e. The number of nitrogens with zero attached hydrogens (tertiary/aromatic N) is 1. The summed E-state index contributed by atoms with van der Waals surface area (Å²) in [5.41, 5.74) is 3.11. The van der Waals surface area contributed by atoms with Gasteiger partial charge in [-0.15, -0.1) is 0 Å². The lowest BCUT2D eigenvalue weighted by molar-refractivity contribution is 0.178. The Balaban J connectivity index is 2.29. The van der Waals surface area contributed by atoms with E-state index in [9.17, 15) is 0 Å². The average Bonchev–Trinajstić information content (AvgIpc) is 2.38. The van der Waals surface area contributed by atoms with E-state index < -0.39 is 0 Å². The molecule has 1 aliphatic rings. The summed E-state index contributed by atoms with van der Waals surface area (Å²) >= 11 is 3.77. The van der Waals surface area contributed by atoms with Gasteiger partial charge < -0.3 is 0 Å². The Morgan fingerprint density at radius 2 is 1.94 bits per heavy atom. The van der Waals surface area contributed by atoms with E-state index in [0.29, 0.717) is 6.04 Å². The first-order valence-corrected chi connectivity index (χ1v) is 8.08. The number of fused-ring (bicyclic) bond motifs is 1. The fourth-order valence-electron chi connectivity index (χ4n) is 3.17. The maximum Gasteiger partial charge on any atom is 0.0362 e. The lowest BCUT2D eigenvalue weighted by atomic mass is 9.86. The highest BCUT2D eigenvalue weighted by atomic mass is 79.9. The van der Waals surface area contributed by atoms with Crippen LogP contribution in [0.15, 0.2) is 22.7 Å². The van der Waals surface area contributed by atoms with Gasteiger partial charge in [0.1, 0.15) is 0 Å². The fraction of sp³-hybridized carbons (Fsp3) is 0.625. The number of halogens is 1. The number of hydrogen-bond acceptors (Lipinski definition) is 1. The second-order valence-corrected chi connectivity index (χ2v) is 6.11. The van der Waals surface area contributed by atoms with Crippen LogP contribution in [0.4, 0.5) is 0 Å². The highest BCUT2D eigenvalue weighted by Gasteiger charge is 2.26. The van der Waals surface area contributed by atoms with E-state index in [4.69, 9.17) is 0 Å². The third-order valence-corrected chi connectivity index (χ3v) is 4.55. The minimum atomic E-state index is 0.629. The number of aryl methyl sites for hydroxylation is 1. The van der Waals surface area contributed by atoms with Gasteiger partial charge in [0.15, 0.2) is 0 Å². The molecule has 0 N–H and O–H groups in total. The maximum absolute atomic E-state index is 3.77. The Hall–Kier alpha value is -0.340. The SMILES string of the molecule is CCCN(CCC)C1CCCc2cccc(Br)c21. The van der Waals surface area contributed by atoms with Crippen molar-refractivity contribution < 1.29 is 0 Å². The van der Waals surface area contributed by atoms with Crippen LogP contribution in [0.5, 0.6) is 0 Å². The van der Waals surface area contributed by atoms with Crippen molar-refractivity contribution in [3.63, 3.8) is 0 Å². The largest absolute Gasteiger partial charge is 0.296 e. The molecule has 2 rings (SSSR count). The standard InChI is InChI=1S/C16H24BrN/c1-3-11-18(12-4-2)15-10-6-8-13-7-5-9-14(17)16(13)15/h5,7,9,15H,3-4,6,8,10-12H2,1-2H3.